The normalized spacial score (nSPS) is 12.0. The minimum Gasteiger partial charge on any atom is -0.486 e. The molecule has 2 aromatic carbocycles. The first kappa shape index (κ1) is 17.0. The van der Waals surface area contributed by atoms with E-state index >= 15 is 0 Å². The van der Waals surface area contributed by atoms with Gasteiger partial charge in [0.2, 0.25) is 5.95 Å². The minimum atomic E-state index is -0.620. The Balaban J connectivity index is 1.81. The van der Waals surface area contributed by atoms with E-state index in [4.69, 9.17) is 16.3 Å². The summed E-state index contributed by atoms with van der Waals surface area (Å²) >= 11 is 6.10. The summed E-state index contributed by atoms with van der Waals surface area (Å²) in [5, 5.41) is 2.88. The standard InChI is InChI=1S/C17H15ClFN3O3/c1-9(12-7-10(19)3-5-13(12)18)25-11-4-6-14-15(8-11)21-16(20-14)22-17(23)24-2/h3-9H,1-2H3,(H2,20,21,22,23). The van der Waals surface area contributed by atoms with Crippen molar-refractivity contribution in [3.05, 3.63) is 52.8 Å². The molecule has 0 aliphatic heterocycles. The fourth-order valence-electron chi connectivity index (χ4n) is 2.36. The van der Waals surface area contributed by atoms with E-state index in [1.807, 2.05) is 0 Å². The molecular weight excluding hydrogens is 349 g/mol. The van der Waals surface area contributed by atoms with Crippen LogP contribution in [0.1, 0.15) is 18.6 Å². The number of halogens is 2. The maximum absolute atomic E-state index is 13.4. The van der Waals surface area contributed by atoms with E-state index in [0.29, 0.717) is 27.4 Å². The van der Waals surface area contributed by atoms with Crippen LogP contribution in [0.4, 0.5) is 15.1 Å². The summed E-state index contributed by atoms with van der Waals surface area (Å²) in [5.74, 6) is 0.436. The number of hydrogen-bond donors (Lipinski definition) is 2. The highest BCUT2D eigenvalue weighted by atomic mass is 35.5. The topological polar surface area (TPSA) is 76.2 Å². The number of methoxy groups -OCH3 is 1. The van der Waals surface area contributed by atoms with Crippen LogP contribution in [0.5, 0.6) is 5.75 Å². The highest BCUT2D eigenvalue weighted by molar-refractivity contribution is 6.31. The van der Waals surface area contributed by atoms with Crippen LogP contribution in [0.25, 0.3) is 11.0 Å². The molecule has 1 amide bonds. The molecule has 0 radical (unpaired) electrons. The molecule has 1 heterocycles. The van der Waals surface area contributed by atoms with E-state index in [1.165, 1.54) is 25.3 Å². The lowest BCUT2D eigenvalue weighted by atomic mass is 10.1. The van der Waals surface area contributed by atoms with Crippen molar-refractivity contribution in [2.24, 2.45) is 0 Å². The summed E-state index contributed by atoms with van der Waals surface area (Å²) in [6, 6.07) is 9.34. The molecule has 0 aliphatic rings. The third-order valence-corrected chi connectivity index (χ3v) is 3.91. The number of aromatic amines is 1. The molecule has 25 heavy (non-hydrogen) atoms. The van der Waals surface area contributed by atoms with Gasteiger partial charge in [-0.15, -0.1) is 0 Å². The first-order chi connectivity index (χ1) is 12.0. The van der Waals surface area contributed by atoms with Gasteiger partial charge < -0.3 is 14.5 Å². The number of carbonyl (C=O) groups is 1. The van der Waals surface area contributed by atoms with Gasteiger partial charge in [-0.05, 0) is 37.3 Å². The van der Waals surface area contributed by atoms with Crippen LogP contribution in [0.15, 0.2) is 36.4 Å². The Morgan fingerprint density at radius 1 is 1.32 bits per heavy atom. The highest BCUT2D eigenvalue weighted by Crippen LogP contribution is 2.29. The summed E-state index contributed by atoms with van der Waals surface area (Å²) < 4.78 is 23.8. The van der Waals surface area contributed by atoms with Gasteiger partial charge in [-0.25, -0.2) is 14.2 Å². The number of imidazole rings is 1. The molecule has 130 valence electrons. The molecule has 0 bridgehead atoms. The Morgan fingerprint density at radius 2 is 2.12 bits per heavy atom. The fraction of sp³-hybridized carbons (Fsp3) is 0.176. The van der Waals surface area contributed by atoms with Crippen molar-refractivity contribution in [1.82, 2.24) is 9.97 Å². The van der Waals surface area contributed by atoms with Gasteiger partial charge >= 0.3 is 6.09 Å². The van der Waals surface area contributed by atoms with Crippen molar-refractivity contribution in [3.63, 3.8) is 0 Å². The summed E-state index contributed by atoms with van der Waals surface area (Å²) in [6.07, 6.45) is -1.07. The molecule has 3 aromatic rings. The summed E-state index contributed by atoms with van der Waals surface area (Å²) in [4.78, 5) is 18.4. The Morgan fingerprint density at radius 3 is 2.88 bits per heavy atom. The number of hydrogen-bond acceptors (Lipinski definition) is 4. The molecule has 8 heteroatoms. The zero-order valence-corrected chi connectivity index (χ0v) is 14.2. The fourth-order valence-corrected chi connectivity index (χ4v) is 2.63. The molecule has 0 spiro atoms. The Bertz CT molecular complexity index is 929. The number of H-pyrrole nitrogens is 1. The second-order valence-corrected chi connectivity index (χ2v) is 5.71. The Hall–Kier alpha value is -2.80. The Kier molecular flexibility index (Phi) is 4.76. The number of anilines is 1. The third kappa shape index (κ3) is 3.83. The van der Waals surface area contributed by atoms with Crippen molar-refractivity contribution in [3.8, 4) is 5.75 Å². The number of benzene rings is 2. The number of ether oxygens (including phenoxy) is 2. The van der Waals surface area contributed by atoms with Crippen LogP contribution < -0.4 is 10.1 Å². The van der Waals surface area contributed by atoms with Crippen LogP contribution in [0, 0.1) is 5.82 Å². The van der Waals surface area contributed by atoms with Crippen molar-refractivity contribution >= 4 is 34.7 Å². The predicted octanol–water partition coefficient (Wildman–Crippen LogP) is 4.67. The lowest BCUT2D eigenvalue weighted by Crippen LogP contribution is -2.11. The number of nitrogens with zero attached hydrogens (tertiary/aromatic N) is 1. The van der Waals surface area contributed by atoms with Gasteiger partial charge in [0.05, 0.1) is 18.1 Å². The quantitative estimate of drug-likeness (QED) is 0.706. The van der Waals surface area contributed by atoms with Gasteiger partial charge in [0.1, 0.15) is 17.7 Å². The van der Waals surface area contributed by atoms with Gasteiger partial charge in [-0.1, -0.05) is 11.6 Å². The first-order valence-corrected chi connectivity index (χ1v) is 7.80. The van der Waals surface area contributed by atoms with Crippen LogP contribution in [0.3, 0.4) is 0 Å². The van der Waals surface area contributed by atoms with E-state index in [1.54, 1.807) is 25.1 Å². The smallest absolute Gasteiger partial charge is 0.413 e. The first-order valence-electron chi connectivity index (χ1n) is 7.42. The van der Waals surface area contributed by atoms with Crippen molar-refractivity contribution < 1.29 is 18.7 Å². The van der Waals surface area contributed by atoms with E-state index in [-0.39, 0.29) is 11.8 Å². The second kappa shape index (κ2) is 6.98. The van der Waals surface area contributed by atoms with E-state index in [9.17, 15) is 9.18 Å². The monoisotopic (exact) mass is 363 g/mol. The molecule has 6 nitrogen and oxygen atoms in total. The molecule has 0 fully saturated rings. The molecule has 0 aliphatic carbocycles. The number of aromatic nitrogens is 2. The molecule has 1 atom stereocenters. The third-order valence-electron chi connectivity index (χ3n) is 3.57. The molecule has 0 saturated carbocycles. The average molecular weight is 364 g/mol. The van der Waals surface area contributed by atoms with Gasteiger partial charge in [0, 0.05) is 16.7 Å². The zero-order chi connectivity index (χ0) is 18.0. The number of fused-ring (bicyclic) bond motifs is 1. The Labute approximate surface area is 147 Å². The minimum absolute atomic E-state index is 0.264. The SMILES string of the molecule is COC(=O)Nc1nc2ccc(OC(C)c3cc(F)ccc3Cl)cc2[nH]1. The summed E-state index contributed by atoms with van der Waals surface area (Å²) in [5.41, 5.74) is 1.87. The zero-order valence-electron chi connectivity index (χ0n) is 13.5. The number of nitrogens with one attached hydrogen (secondary N) is 2. The van der Waals surface area contributed by atoms with Crippen molar-refractivity contribution in [2.75, 3.05) is 12.4 Å². The van der Waals surface area contributed by atoms with Crippen LogP contribution >= 0.6 is 11.6 Å². The van der Waals surface area contributed by atoms with Crippen LogP contribution in [-0.2, 0) is 4.74 Å². The van der Waals surface area contributed by atoms with Crippen LogP contribution in [-0.4, -0.2) is 23.2 Å². The van der Waals surface area contributed by atoms with Gasteiger partial charge in [0.15, 0.2) is 0 Å². The van der Waals surface area contributed by atoms with Gasteiger partial charge in [0.25, 0.3) is 0 Å². The molecule has 1 unspecified atom stereocenters. The van der Waals surface area contributed by atoms with Gasteiger partial charge in [-0.2, -0.15) is 0 Å². The highest BCUT2D eigenvalue weighted by Gasteiger charge is 2.14. The molecule has 0 saturated heterocycles. The number of carbonyl (C=O) groups excluding carboxylic acids is 1. The van der Waals surface area contributed by atoms with Crippen LogP contribution in [0.2, 0.25) is 5.02 Å². The number of rotatable bonds is 4. The van der Waals surface area contributed by atoms with E-state index in [2.05, 4.69) is 20.0 Å². The van der Waals surface area contributed by atoms with Gasteiger partial charge in [-0.3, -0.25) is 5.32 Å². The number of amides is 1. The molecule has 2 N–H and O–H groups in total. The predicted molar refractivity (Wildman–Crippen MR) is 92.6 cm³/mol. The van der Waals surface area contributed by atoms with E-state index < -0.39 is 12.2 Å². The lowest BCUT2D eigenvalue weighted by molar-refractivity contribution is 0.186. The van der Waals surface area contributed by atoms with E-state index in [0.717, 1.165) is 0 Å². The average Bonchev–Trinajstić information content (AvgIpc) is 2.98. The maximum Gasteiger partial charge on any atom is 0.413 e. The molecule has 3 rings (SSSR count). The second-order valence-electron chi connectivity index (χ2n) is 5.31. The van der Waals surface area contributed by atoms with Crippen molar-refractivity contribution in [1.29, 1.82) is 0 Å². The molecular formula is C17H15ClFN3O3. The van der Waals surface area contributed by atoms with Crippen molar-refractivity contribution in [2.45, 2.75) is 13.0 Å². The summed E-state index contributed by atoms with van der Waals surface area (Å²) in [7, 11) is 1.27. The largest absolute Gasteiger partial charge is 0.486 e. The molecule has 1 aromatic heterocycles. The summed E-state index contributed by atoms with van der Waals surface area (Å²) in [6.45, 7) is 1.78. The lowest BCUT2D eigenvalue weighted by Gasteiger charge is -2.16. The maximum atomic E-state index is 13.4.